The molecule has 2 saturated heterocycles. The van der Waals surface area contributed by atoms with Crippen LogP contribution in [-0.2, 0) is 4.79 Å². The van der Waals surface area contributed by atoms with Crippen molar-refractivity contribution in [1.82, 2.24) is 20.1 Å². The van der Waals surface area contributed by atoms with Gasteiger partial charge in [-0.25, -0.2) is 4.98 Å². The minimum absolute atomic E-state index is 0.0732. The summed E-state index contributed by atoms with van der Waals surface area (Å²) in [6.07, 6.45) is 3.57. The highest BCUT2D eigenvalue weighted by Crippen LogP contribution is 2.44. The number of hydrogen-bond donors (Lipinski definition) is 1. The predicted octanol–water partition coefficient (Wildman–Crippen LogP) is 3.73. The topological polar surface area (TPSA) is 78.0 Å². The van der Waals surface area contributed by atoms with Crippen molar-refractivity contribution in [1.29, 1.82) is 0 Å². The maximum absolute atomic E-state index is 12.7. The zero-order valence-corrected chi connectivity index (χ0v) is 22.1. The highest BCUT2D eigenvalue weighted by atomic mass is 32.1. The SMILES string of the molecule is CNC(=O)c1sc(N2CC3(CN(C(=O)/C=C/CN(C)C)C3)C2)nc1-c1ccc(Oc2ccccc2)cc1. The molecule has 9 heteroatoms. The van der Waals surface area contributed by atoms with Gasteiger partial charge in [-0.2, -0.15) is 0 Å². The Morgan fingerprint density at radius 2 is 1.73 bits per heavy atom. The molecule has 8 nitrogen and oxygen atoms in total. The lowest BCUT2D eigenvalue weighted by atomic mass is 9.73. The van der Waals surface area contributed by atoms with Gasteiger partial charge in [0.05, 0.1) is 5.69 Å². The summed E-state index contributed by atoms with van der Waals surface area (Å²) in [6, 6.07) is 17.3. The molecule has 2 aromatic carbocycles. The van der Waals surface area contributed by atoms with Crippen LogP contribution in [-0.4, -0.2) is 80.5 Å². The first-order valence-corrected chi connectivity index (χ1v) is 13.1. The van der Waals surface area contributed by atoms with Gasteiger partial charge in [0.15, 0.2) is 5.13 Å². The van der Waals surface area contributed by atoms with Gasteiger partial charge >= 0.3 is 0 Å². The fraction of sp³-hybridized carbons (Fsp3) is 0.321. The van der Waals surface area contributed by atoms with Crippen LogP contribution in [0, 0.1) is 5.41 Å². The summed E-state index contributed by atoms with van der Waals surface area (Å²) in [5.74, 6) is 1.41. The second kappa shape index (κ2) is 10.4. The van der Waals surface area contributed by atoms with Crippen molar-refractivity contribution < 1.29 is 14.3 Å². The van der Waals surface area contributed by atoms with E-state index in [1.54, 1.807) is 13.1 Å². The van der Waals surface area contributed by atoms with Crippen molar-refractivity contribution in [2.24, 2.45) is 5.41 Å². The largest absolute Gasteiger partial charge is 0.457 e. The Kier molecular flexibility index (Phi) is 6.99. The molecular weight excluding hydrogens is 486 g/mol. The minimum atomic E-state index is -0.150. The number of nitrogens with zero attached hydrogens (tertiary/aromatic N) is 4. The third-order valence-electron chi connectivity index (χ3n) is 6.57. The number of para-hydroxylation sites is 1. The van der Waals surface area contributed by atoms with Crippen molar-refractivity contribution >= 4 is 28.3 Å². The predicted molar refractivity (Wildman–Crippen MR) is 146 cm³/mol. The molecule has 0 bridgehead atoms. The van der Waals surface area contributed by atoms with Crippen LogP contribution in [0.2, 0.25) is 0 Å². The van der Waals surface area contributed by atoms with Gasteiger partial charge in [-0.15, -0.1) is 0 Å². The molecule has 3 aromatic rings. The van der Waals surface area contributed by atoms with Crippen LogP contribution < -0.4 is 15.0 Å². The average Bonchev–Trinajstić information content (AvgIpc) is 3.28. The van der Waals surface area contributed by atoms with E-state index in [1.165, 1.54) is 11.3 Å². The number of nitrogens with one attached hydrogen (secondary N) is 1. The summed E-state index contributed by atoms with van der Waals surface area (Å²) in [5, 5.41) is 3.57. The number of ether oxygens (including phenoxy) is 1. The molecule has 1 spiro atoms. The number of carbonyl (C=O) groups excluding carboxylic acids is 2. The van der Waals surface area contributed by atoms with Gasteiger partial charge in [-0.05, 0) is 50.5 Å². The summed E-state index contributed by atoms with van der Waals surface area (Å²) < 4.78 is 5.90. The number of likely N-dealkylation sites (tertiary alicyclic amines) is 1. The fourth-order valence-corrected chi connectivity index (χ4v) is 5.73. The summed E-state index contributed by atoms with van der Waals surface area (Å²) >= 11 is 1.41. The Morgan fingerprint density at radius 3 is 2.38 bits per heavy atom. The Balaban J connectivity index is 1.24. The summed E-state index contributed by atoms with van der Waals surface area (Å²) in [5.41, 5.74) is 1.66. The van der Waals surface area contributed by atoms with E-state index in [1.807, 2.05) is 84.6 Å². The number of hydrogen-bond acceptors (Lipinski definition) is 7. The van der Waals surface area contributed by atoms with Crippen molar-refractivity contribution in [3.63, 3.8) is 0 Å². The lowest BCUT2D eigenvalue weighted by molar-refractivity contribution is -0.139. The first-order chi connectivity index (χ1) is 17.9. The van der Waals surface area contributed by atoms with E-state index >= 15 is 0 Å². The smallest absolute Gasteiger partial charge is 0.263 e. The van der Waals surface area contributed by atoms with Gasteiger partial charge in [0.2, 0.25) is 5.91 Å². The van der Waals surface area contributed by atoms with Crippen LogP contribution in [0.15, 0.2) is 66.7 Å². The van der Waals surface area contributed by atoms with Crippen molar-refractivity contribution in [2.75, 3.05) is 58.8 Å². The summed E-state index contributed by atoms with van der Waals surface area (Å²) in [4.78, 5) is 36.6. The second-order valence-electron chi connectivity index (χ2n) is 9.91. The number of aromatic nitrogens is 1. The number of thiazole rings is 1. The normalized spacial score (nSPS) is 16.1. The zero-order chi connectivity index (χ0) is 26.0. The van der Waals surface area contributed by atoms with E-state index < -0.39 is 0 Å². The highest BCUT2D eigenvalue weighted by Gasteiger charge is 2.53. The van der Waals surface area contributed by atoms with Crippen LogP contribution in [0.3, 0.4) is 0 Å². The van der Waals surface area contributed by atoms with Gasteiger partial charge in [-0.1, -0.05) is 35.6 Å². The van der Waals surface area contributed by atoms with Crippen LogP contribution in [0.25, 0.3) is 11.3 Å². The number of likely N-dealkylation sites (N-methyl/N-ethyl adjacent to an activating group) is 1. The van der Waals surface area contributed by atoms with Crippen LogP contribution in [0.1, 0.15) is 9.67 Å². The zero-order valence-electron chi connectivity index (χ0n) is 21.3. The van der Waals surface area contributed by atoms with Gasteiger partial charge < -0.3 is 24.8 Å². The molecule has 0 unspecified atom stereocenters. The standard InChI is InChI=1S/C28H31N5O3S/c1-29-26(35)25-24(20-11-13-22(14-12-20)36-21-8-5-4-6-9-21)30-27(37-25)33-18-28(19-33)16-32(17-28)23(34)10-7-15-31(2)3/h4-14H,15-19H2,1-3H3,(H,29,35)/b10-7+. The second-order valence-corrected chi connectivity index (χ2v) is 10.9. The third kappa shape index (κ3) is 5.38. The van der Waals surface area contributed by atoms with Crippen LogP contribution in [0.5, 0.6) is 11.5 Å². The molecule has 0 aliphatic carbocycles. The van der Waals surface area contributed by atoms with E-state index in [2.05, 4.69) is 10.2 Å². The maximum atomic E-state index is 12.7. The number of benzene rings is 2. The Morgan fingerprint density at radius 1 is 1.05 bits per heavy atom. The van der Waals surface area contributed by atoms with Crippen molar-refractivity contribution in [3.8, 4) is 22.8 Å². The fourth-order valence-electron chi connectivity index (χ4n) is 4.70. The minimum Gasteiger partial charge on any atom is -0.457 e. The number of carbonyl (C=O) groups is 2. The van der Waals surface area contributed by atoms with Gasteiger partial charge in [0, 0.05) is 56.8 Å². The van der Waals surface area contributed by atoms with Crippen molar-refractivity contribution in [3.05, 3.63) is 71.6 Å². The van der Waals surface area contributed by atoms with Gasteiger partial charge in [-0.3, -0.25) is 9.59 Å². The van der Waals surface area contributed by atoms with Gasteiger partial charge in [0.1, 0.15) is 16.4 Å². The molecule has 0 radical (unpaired) electrons. The lowest BCUT2D eigenvalue weighted by Gasteiger charge is -2.60. The molecular formula is C28H31N5O3S. The molecule has 2 fully saturated rings. The Labute approximate surface area is 221 Å². The van der Waals surface area contributed by atoms with E-state index in [-0.39, 0.29) is 17.2 Å². The molecule has 2 aliphatic heterocycles. The highest BCUT2D eigenvalue weighted by molar-refractivity contribution is 7.18. The monoisotopic (exact) mass is 517 g/mol. The van der Waals surface area contributed by atoms with E-state index in [0.29, 0.717) is 10.6 Å². The molecule has 2 amide bonds. The molecule has 37 heavy (non-hydrogen) atoms. The summed E-state index contributed by atoms with van der Waals surface area (Å²) in [7, 11) is 5.59. The molecule has 0 atom stereocenters. The first kappa shape index (κ1) is 25.0. The number of amides is 2. The quantitative estimate of drug-likeness (QED) is 0.459. The number of anilines is 1. The van der Waals surface area contributed by atoms with Crippen LogP contribution in [0.4, 0.5) is 5.13 Å². The van der Waals surface area contributed by atoms with E-state index in [9.17, 15) is 9.59 Å². The molecule has 2 aliphatic rings. The number of rotatable bonds is 8. The molecule has 1 N–H and O–H groups in total. The average molecular weight is 518 g/mol. The molecule has 3 heterocycles. The van der Waals surface area contributed by atoms with E-state index in [4.69, 9.17) is 9.72 Å². The maximum Gasteiger partial charge on any atom is 0.263 e. The first-order valence-electron chi connectivity index (χ1n) is 12.3. The van der Waals surface area contributed by atoms with Crippen LogP contribution >= 0.6 is 11.3 Å². The molecule has 5 rings (SSSR count). The van der Waals surface area contributed by atoms with Gasteiger partial charge in [0.25, 0.3) is 5.91 Å². The molecule has 0 saturated carbocycles. The molecule has 1 aromatic heterocycles. The Bertz CT molecular complexity index is 1290. The van der Waals surface area contributed by atoms with E-state index in [0.717, 1.165) is 54.9 Å². The third-order valence-corrected chi connectivity index (χ3v) is 7.69. The summed E-state index contributed by atoms with van der Waals surface area (Å²) in [6.45, 7) is 3.95. The lowest BCUT2D eigenvalue weighted by Crippen LogP contribution is -2.73. The Hall–Kier alpha value is -3.69. The van der Waals surface area contributed by atoms with Crippen molar-refractivity contribution in [2.45, 2.75) is 0 Å². The molecule has 192 valence electrons.